The van der Waals surface area contributed by atoms with E-state index in [0.717, 1.165) is 23.5 Å². The summed E-state index contributed by atoms with van der Waals surface area (Å²) < 4.78 is 7.56. The molecule has 3 heterocycles. The maximum absolute atomic E-state index is 10.9. The van der Waals surface area contributed by atoms with E-state index in [0.29, 0.717) is 12.8 Å². The van der Waals surface area contributed by atoms with E-state index in [-0.39, 0.29) is 6.10 Å². The fraction of sp³-hybridized carbons (Fsp3) is 0.462. The minimum Gasteiger partial charge on any atom is -0.479 e. The van der Waals surface area contributed by atoms with Crippen molar-refractivity contribution >= 4 is 17.1 Å². The molecule has 0 radical (unpaired) electrons. The number of aliphatic carboxylic acids is 1. The van der Waals surface area contributed by atoms with Gasteiger partial charge in [-0.15, -0.1) is 0 Å². The molecule has 0 amide bonds. The van der Waals surface area contributed by atoms with Gasteiger partial charge in [0.05, 0.1) is 0 Å². The van der Waals surface area contributed by atoms with Gasteiger partial charge in [0.25, 0.3) is 0 Å². The first-order chi connectivity index (χ1) is 9.20. The second-order valence-electron chi connectivity index (χ2n) is 4.59. The Kier molecular flexibility index (Phi) is 2.94. The summed E-state index contributed by atoms with van der Waals surface area (Å²) >= 11 is 0. The molecular weight excluding hydrogens is 246 g/mol. The molecule has 1 N–H and O–H groups in total. The lowest BCUT2D eigenvalue weighted by Crippen LogP contribution is -2.19. The van der Waals surface area contributed by atoms with Crippen molar-refractivity contribution in [2.45, 2.75) is 38.5 Å². The zero-order valence-corrected chi connectivity index (χ0v) is 10.6. The Bertz CT molecular complexity index is 623. The van der Waals surface area contributed by atoms with Crippen molar-refractivity contribution in [2.24, 2.45) is 0 Å². The van der Waals surface area contributed by atoms with Crippen LogP contribution in [0.1, 0.15) is 31.7 Å². The first-order valence-corrected chi connectivity index (χ1v) is 6.40. The number of fused-ring (bicyclic) bond motifs is 1. The Morgan fingerprint density at radius 1 is 1.58 bits per heavy atom. The van der Waals surface area contributed by atoms with Gasteiger partial charge in [0.1, 0.15) is 17.4 Å². The number of aromatic nitrogens is 3. The van der Waals surface area contributed by atoms with Gasteiger partial charge < -0.3 is 14.4 Å². The molecule has 2 aromatic heterocycles. The molecule has 0 bridgehead atoms. The van der Waals surface area contributed by atoms with E-state index < -0.39 is 12.1 Å². The minimum absolute atomic E-state index is 0.254. The highest BCUT2D eigenvalue weighted by Gasteiger charge is 2.34. The second-order valence-corrected chi connectivity index (χ2v) is 4.59. The Morgan fingerprint density at radius 2 is 2.42 bits per heavy atom. The number of carboxylic acid groups (broad SMARTS) is 1. The van der Waals surface area contributed by atoms with Gasteiger partial charge in [-0.1, -0.05) is 0 Å². The van der Waals surface area contributed by atoms with Crippen LogP contribution >= 0.6 is 0 Å². The van der Waals surface area contributed by atoms with Crippen LogP contribution in [-0.2, 0) is 16.1 Å². The van der Waals surface area contributed by atoms with Crippen LogP contribution in [0.3, 0.4) is 0 Å². The number of ether oxygens (including phenoxy) is 1. The lowest BCUT2D eigenvalue weighted by atomic mass is 10.2. The maximum atomic E-state index is 10.9. The van der Waals surface area contributed by atoms with Crippen LogP contribution in [0, 0.1) is 0 Å². The summed E-state index contributed by atoms with van der Waals surface area (Å²) in [5, 5.41) is 8.98. The van der Waals surface area contributed by atoms with Gasteiger partial charge >= 0.3 is 5.97 Å². The van der Waals surface area contributed by atoms with Gasteiger partial charge in [-0.25, -0.2) is 14.8 Å². The summed E-state index contributed by atoms with van der Waals surface area (Å²) in [5.41, 5.74) is 1.64. The smallest absolute Gasteiger partial charge is 0.332 e. The van der Waals surface area contributed by atoms with Crippen molar-refractivity contribution in [3.8, 4) is 0 Å². The van der Waals surface area contributed by atoms with E-state index in [2.05, 4.69) is 9.97 Å². The molecule has 1 aliphatic heterocycles. The maximum Gasteiger partial charge on any atom is 0.332 e. The Hall–Kier alpha value is -1.95. The average molecular weight is 261 g/mol. The van der Waals surface area contributed by atoms with Crippen molar-refractivity contribution in [3.05, 3.63) is 24.2 Å². The summed E-state index contributed by atoms with van der Waals surface area (Å²) in [6.07, 6.45) is 1.97. The molecule has 0 aromatic carbocycles. The molecule has 0 spiro atoms. The molecule has 1 saturated heterocycles. The Labute approximate surface area is 110 Å². The number of hydrogen-bond donors (Lipinski definition) is 1. The van der Waals surface area contributed by atoms with E-state index in [1.165, 1.54) is 0 Å². The molecule has 1 aliphatic rings. The zero-order chi connectivity index (χ0) is 13.4. The predicted octanol–water partition coefficient (Wildman–Crippen LogP) is 1.76. The van der Waals surface area contributed by atoms with Gasteiger partial charge in [0.2, 0.25) is 0 Å². The van der Waals surface area contributed by atoms with Crippen LogP contribution in [0.25, 0.3) is 11.2 Å². The molecular formula is C13H15N3O3. The molecule has 1 fully saturated rings. The van der Waals surface area contributed by atoms with E-state index in [4.69, 9.17) is 9.84 Å². The minimum atomic E-state index is -0.903. The van der Waals surface area contributed by atoms with Gasteiger partial charge in [-0.3, -0.25) is 0 Å². The summed E-state index contributed by atoms with van der Waals surface area (Å²) in [7, 11) is 0. The van der Waals surface area contributed by atoms with Crippen molar-refractivity contribution in [1.82, 2.24) is 14.5 Å². The number of carboxylic acids is 1. The quantitative estimate of drug-likeness (QED) is 0.910. The number of aryl methyl sites for hydroxylation is 1. The highest BCUT2D eigenvalue weighted by Crippen LogP contribution is 2.33. The van der Waals surface area contributed by atoms with Crippen LogP contribution in [0.2, 0.25) is 0 Å². The number of pyridine rings is 1. The largest absolute Gasteiger partial charge is 0.479 e. The summed E-state index contributed by atoms with van der Waals surface area (Å²) in [6, 6.07) is 3.75. The summed E-state index contributed by atoms with van der Waals surface area (Å²) in [5.74, 6) is -0.125. The third-order valence-corrected chi connectivity index (χ3v) is 3.43. The topological polar surface area (TPSA) is 77.2 Å². The number of imidazole rings is 1. The monoisotopic (exact) mass is 261 g/mol. The first kappa shape index (κ1) is 12.1. The Morgan fingerprint density at radius 3 is 3.11 bits per heavy atom. The van der Waals surface area contributed by atoms with Crippen LogP contribution in [0.4, 0.5) is 0 Å². The van der Waals surface area contributed by atoms with Crippen LogP contribution in [-0.4, -0.2) is 31.7 Å². The number of carbonyl (C=O) groups is 1. The number of nitrogens with zero attached hydrogens (tertiary/aromatic N) is 3. The van der Waals surface area contributed by atoms with E-state index >= 15 is 0 Å². The normalized spacial score (nSPS) is 23.0. The molecule has 2 atom stereocenters. The number of hydrogen-bond acceptors (Lipinski definition) is 4. The lowest BCUT2D eigenvalue weighted by Gasteiger charge is -2.12. The molecule has 0 aliphatic carbocycles. The van der Waals surface area contributed by atoms with Crippen molar-refractivity contribution < 1.29 is 14.6 Å². The molecule has 6 nitrogen and oxygen atoms in total. The highest BCUT2D eigenvalue weighted by atomic mass is 16.5. The van der Waals surface area contributed by atoms with Gasteiger partial charge in [-0.2, -0.15) is 0 Å². The molecule has 3 rings (SSSR count). The standard InChI is InChI=1S/C13H15N3O3/c1-2-16-11-8(4-3-7-14-11)15-12(16)9-5-6-10(19-9)13(17)18/h3-4,7,9-10H,2,5-6H2,1H3,(H,17,18). The van der Waals surface area contributed by atoms with E-state index in [1.54, 1.807) is 6.20 Å². The van der Waals surface area contributed by atoms with Gasteiger partial charge in [0.15, 0.2) is 11.8 Å². The summed E-state index contributed by atoms with van der Waals surface area (Å²) in [6.45, 7) is 2.75. The molecule has 6 heteroatoms. The molecule has 2 aromatic rings. The zero-order valence-electron chi connectivity index (χ0n) is 10.6. The predicted molar refractivity (Wildman–Crippen MR) is 67.7 cm³/mol. The molecule has 0 saturated carbocycles. The fourth-order valence-corrected chi connectivity index (χ4v) is 2.54. The fourth-order valence-electron chi connectivity index (χ4n) is 2.54. The lowest BCUT2D eigenvalue weighted by molar-refractivity contribution is -0.149. The van der Waals surface area contributed by atoms with E-state index in [9.17, 15) is 4.79 Å². The summed E-state index contributed by atoms with van der Waals surface area (Å²) in [4.78, 5) is 19.8. The van der Waals surface area contributed by atoms with Gasteiger partial charge in [0, 0.05) is 12.7 Å². The van der Waals surface area contributed by atoms with Crippen molar-refractivity contribution in [3.63, 3.8) is 0 Å². The van der Waals surface area contributed by atoms with Crippen molar-refractivity contribution in [2.75, 3.05) is 0 Å². The Balaban J connectivity index is 1.99. The first-order valence-electron chi connectivity index (χ1n) is 6.40. The van der Waals surface area contributed by atoms with Crippen LogP contribution < -0.4 is 0 Å². The number of rotatable bonds is 3. The molecule has 19 heavy (non-hydrogen) atoms. The second kappa shape index (κ2) is 4.62. The molecule has 2 unspecified atom stereocenters. The van der Waals surface area contributed by atoms with Gasteiger partial charge in [-0.05, 0) is 31.9 Å². The average Bonchev–Trinajstić information content (AvgIpc) is 3.02. The highest BCUT2D eigenvalue weighted by molar-refractivity contribution is 5.73. The van der Waals surface area contributed by atoms with Crippen LogP contribution in [0.5, 0.6) is 0 Å². The van der Waals surface area contributed by atoms with Crippen LogP contribution in [0.15, 0.2) is 18.3 Å². The SMILES string of the molecule is CCn1c(C2CCC(C(=O)O)O2)nc2cccnc21. The molecule has 100 valence electrons. The third-order valence-electron chi connectivity index (χ3n) is 3.43. The third kappa shape index (κ3) is 1.98. The van der Waals surface area contributed by atoms with Crippen molar-refractivity contribution in [1.29, 1.82) is 0 Å². The van der Waals surface area contributed by atoms with E-state index in [1.807, 2.05) is 23.6 Å².